The zero-order valence-corrected chi connectivity index (χ0v) is 12.0. The van der Waals surface area contributed by atoms with Crippen LogP contribution in [-0.4, -0.2) is 10.1 Å². The molecule has 0 bridgehead atoms. The van der Waals surface area contributed by atoms with Crippen molar-refractivity contribution in [3.05, 3.63) is 34.6 Å². The fraction of sp³-hybridized carbons (Fsp3) is 0.385. The number of benzene rings is 1. The lowest BCUT2D eigenvalue weighted by Gasteiger charge is -2.08. The van der Waals surface area contributed by atoms with E-state index >= 15 is 0 Å². The standard InChI is InChI=1S/C13H16BrN3O/c1-8(2)7-11(15)13-16-12(17-18-13)9-3-5-10(14)6-4-9/h3-6,8,11H,7,15H2,1-2H3/t11-/m1/s1. The number of hydrogen-bond acceptors (Lipinski definition) is 4. The third kappa shape index (κ3) is 3.17. The molecule has 4 nitrogen and oxygen atoms in total. The summed E-state index contributed by atoms with van der Waals surface area (Å²) in [5.41, 5.74) is 6.93. The van der Waals surface area contributed by atoms with E-state index in [1.165, 1.54) is 0 Å². The average molecular weight is 310 g/mol. The first-order valence-corrected chi connectivity index (χ1v) is 6.70. The first-order chi connectivity index (χ1) is 8.56. The molecule has 2 N–H and O–H groups in total. The Kier molecular flexibility index (Phi) is 4.14. The highest BCUT2D eigenvalue weighted by Gasteiger charge is 2.16. The third-order valence-corrected chi connectivity index (χ3v) is 3.12. The normalized spacial score (nSPS) is 12.9. The maximum Gasteiger partial charge on any atom is 0.243 e. The Balaban J connectivity index is 2.17. The zero-order chi connectivity index (χ0) is 13.1. The van der Waals surface area contributed by atoms with Gasteiger partial charge in [-0.15, -0.1) is 0 Å². The summed E-state index contributed by atoms with van der Waals surface area (Å²) >= 11 is 3.39. The van der Waals surface area contributed by atoms with Gasteiger partial charge < -0.3 is 10.3 Å². The molecule has 0 aliphatic rings. The molecule has 1 heterocycles. The number of aromatic nitrogens is 2. The van der Waals surface area contributed by atoms with Gasteiger partial charge in [-0.3, -0.25) is 0 Å². The molecule has 0 aliphatic heterocycles. The topological polar surface area (TPSA) is 64.9 Å². The minimum absolute atomic E-state index is 0.193. The van der Waals surface area contributed by atoms with E-state index in [1.54, 1.807) is 0 Å². The van der Waals surface area contributed by atoms with Gasteiger partial charge in [0.2, 0.25) is 11.7 Å². The Labute approximate surface area is 115 Å². The van der Waals surface area contributed by atoms with E-state index in [0.717, 1.165) is 16.5 Å². The van der Waals surface area contributed by atoms with Crippen LogP contribution < -0.4 is 5.73 Å². The van der Waals surface area contributed by atoms with Gasteiger partial charge in [-0.25, -0.2) is 0 Å². The Morgan fingerprint density at radius 1 is 1.28 bits per heavy atom. The van der Waals surface area contributed by atoms with Crippen LogP contribution in [0.4, 0.5) is 0 Å². The third-order valence-electron chi connectivity index (χ3n) is 2.59. The predicted octanol–water partition coefficient (Wildman–Crippen LogP) is 3.55. The summed E-state index contributed by atoms with van der Waals surface area (Å²) in [6.45, 7) is 4.23. The van der Waals surface area contributed by atoms with Crippen LogP contribution in [0.2, 0.25) is 0 Å². The van der Waals surface area contributed by atoms with Gasteiger partial charge in [0.15, 0.2) is 0 Å². The number of hydrogen-bond donors (Lipinski definition) is 1. The van der Waals surface area contributed by atoms with E-state index in [0.29, 0.717) is 17.6 Å². The summed E-state index contributed by atoms with van der Waals surface area (Å²) in [6, 6.07) is 7.57. The Morgan fingerprint density at radius 3 is 2.56 bits per heavy atom. The minimum Gasteiger partial charge on any atom is -0.337 e. The number of halogens is 1. The number of nitrogens with zero attached hydrogens (tertiary/aromatic N) is 2. The molecule has 1 atom stereocenters. The molecule has 0 amide bonds. The summed E-state index contributed by atoms with van der Waals surface area (Å²) in [7, 11) is 0. The highest BCUT2D eigenvalue weighted by molar-refractivity contribution is 9.10. The van der Waals surface area contributed by atoms with Crippen LogP contribution in [0, 0.1) is 5.92 Å². The SMILES string of the molecule is CC(C)C[C@@H](N)c1nc(-c2ccc(Br)cc2)no1. The van der Waals surface area contributed by atoms with Crippen molar-refractivity contribution in [1.82, 2.24) is 10.1 Å². The highest BCUT2D eigenvalue weighted by atomic mass is 79.9. The van der Waals surface area contributed by atoms with Gasteiger partial charge in [-0.2, -0.15) is 4.98 Å². The smallest absolute Gasteiger partial charge is 0.243 e. The fourth-order valence-corrected chi connectivity index (χ4v) is 1.98. The average Bonchev–Trinajstić information content (AvgIpc) is 2.78. The first-order valence-electron chi connectivity index (χ1n) is 5.91. The molecule has 2 aromatic rings. The molecule has 0 spiro atoms. The van der Waals surface area contributed by atoms with Crippen molar-refractivity contribution in [2.75, 3.05) is 0 Å². The van der Waals surface area contributed by atoms with Crippen LogP contribution >= 0.6 is 15.9 Å². The summed E-state index contributed by atoms with van der Waals surface area (Å²) in [4.78, 5) is 4.35. The second-order valence-electron chi connectivity index (χ2n) is 4.70. The minimum atomic E-state index is -0.193. The molecule has 18 heavy (non-hydrogen) atoms. The summed E-state index contributed by atoms with van der Waals surface area (Å²) in [6.07, 6.45) is 0.835. The lowest BCUT2D eigenvalue weighted by molar-refractivity contribution is 0.335. The highest BCUT2D eigenvalue weighted by Crippen LogP contribution is 2.22. The van der Waals surface area contributed by atoms with Crippen LogP contribution in [-0.2, 0) is 0 Å². The van der Waals surface area contributed by atoms with Crippen LogP contribution in [0.1, 0.15) is 32.2 Å². The quantitative estimate of drug-likeness (QED) is 0.938. The Hall–Kier alpha value is -1.20. The van der Waals surface area contributed by atoms with Gasteiger partial charge in [-0.05, 0) is 36.6 Å². The predicted molar refractivity (Wildman–Crippen MR) is 73.8 cm³/mol. The largest absolute Gasteiger partial charge is 0.337 e. The molecule has 1 aromatic heterocycles. The molecular weight excluding hydrogens is 294 g/mol. The second kappa shape index (κ2) is 5.63. The fourth-order valence-electron chi connectivity index (χ4n) is 1.71. The summed E-state index contributed by atoms with van der Waals surface area (Å²) < 4.78 is 6.23. The first kappa shape index (κ1) is 13.2. The molecular formula is C13H16BrN3O. The Bertz CT molecular complexity index is 507. The van der Waals surface area contributed by atoms with E-state index in [4.69, 9.17) is 10.3 Å². The van der Waals surface area contributed by atoms with Gasteiger partial charge in [-0.1, -0.05) is 34.9 Å². The van der Waals surface area contributed by atoms with Crippen LogP contribution in [0.25, 0.3) is 11.4 Å². The van der Waals surface area contributed by atoms with Gasteiger partial charge in [0.25, 0.3) is 0 Å². The van der Waals surface area contributed by atoms with Crippen LogP contribution in [0.3, 0.4) is 0 Å². The lowest BCUT2D eigenvalue weighted by Crippen LogP contribution is -2.13. The molecule has 0 saturated carbocycles. The van der Waals surface area contributed by atoms with Gasteiger partial charge in [0.1, 0.15) is 0 Å². The van der Waals surface area contributed by atoms with Gasteiger partial charge >= 0.3 is 0 Å². The van der Waals surface area contributed by atoms with E-state index in [2.05, 4.69) is 39.9 Å². The van der Waals surface area contributed by atoms with Crippen molar-refractivity contribution in [2.45, 2.75) is 26.3 Å². The molecule has 96 valence electrons. The molecule has 0 unspecified atom stereocenters. The molecule has 0 radical (unpaired) electrons. The second-order valence-corrected chi connectivity index (χ2v) is 5.61. The lowest BCUT2D eigenvalue weighted by atomic mass is 10.0. The molecule has 0 aliphatic carbocycles. The molecule has 1 aromatic carbocycles. The van der Waals surface area contributed by atoms with Crippen molar-refractivity contribution in [3.63, 3.8) is 0 Å². The van der Waals surface area contributed by atoms with E-state index in [-0.39, 0.29) is 6.04 Å². The van der Waals surface area contributed by atoms with E-state index in [9.17, 15) is 0 Å². The number of rotatable bonds is 4. The zero-order valence-electron chi connectivity index (χ0n) is 10.4. The number of nitrogens with two attached hydrogens (primary N) is 1. The van der Waals surface area contributed by atoms with Gasteiger partial charge in [0.05, 0.1) is 6.04 Å². The van der Waals surface area contributed by atoms with Gasteiger partial charge in [0, 0.05) is 10.0 Å². The van der Waals surface area contributed by atoms with Crippen molar-refractivity contribution >= 4 is 15.9 Å². The van der Waals surface area contributed by atoms with Crippen LogP contribution in [0.15, 0.2) is 33.3 Å². The van der Waals surface area contributed by atoms with Crippen molar-refractivity contribution in [1.29, 1.82) is 0 Å². The van der Waals surface area contributed by atoms with Crippen LogP contribution in [0.5, 0.6) is 0 Å². The summed E-state index contributed by atoms with van der Waals surface area (Å²) in [5, 5.41) is 3.96. The van der Waals surface area contributed by atoms with Crippen molar-refractivity contribution < 1.29 is 4.52 Å². The molecule has 2 rings (SSSR count). The van der Waals surface area contributed by atoms with E-state index < -0.39 is 0 Å². The van der Waals surface area contributed by atoms with E-state index in [1.807, 2.05) is 24.3 Å². The van der Waals surface area contributed by atoms with Crippen molar-refractivity contribution in [3.8, 4) is 11.4 Å². The molecule has 5 heteroatoms. The maximum absolute atomic E-state index is 6.01. The Morgan fingerprint density at radius 2 is 1.94 bits per heavy atom. The molecule has 0 saturated heterocycles. The summed E-state index contributed by atoms with van der Waals surface area (Å²) in [5.74, 6) is 1.58. The monoisotopic (exact) mass is 309 g/mol. The van der Waals surface area contributed by atoms with Crippen molar-refractivity contribution in [2.24, 2.45) is 11.7 Å². The molecule has 0 fully saturated rings. The maximum atomic E-state index is 6.01.